The maximum atomic E-state index is 12.4. The van der Waals surface area contributed by atoms with Crippen LogP contribution < -0.4 is 10.4 Å². The summed E-state index contributed by atoms with van der Waals surface area (Å²) in [7, 11) is 0.866. The first-order valence-electron chi connectivity index (χ1n) is 13.7. The van der Waals surface area contributed by atoms with Gasteiger partial charge in [0.2, 0.25) is 0 Å². The van der Waals surface area contributed by atoms with E-state index in [1.54, 1.807) is 13.2 Å². The van der Waals surface area contributed by atoms with Gasteiger partial charge in [-0.15, -0.1) is 6.58 Å². The molecule has 0 N–H and O–H groups in total. The molecule has 9 nitrogen and oxygen atoms in total. The lowest BCUT2D eigenvalue weighted by atomic mass is 9.64. The van der Waals surface area contributed by atoms with Crippen molar-refractivity contribution in [1.82, 2.24) is 0 Å². The minimum Gasteiger partial charge on any atom is -0.496 e. The van der Waals surface area contributed by atoms with Crippen molar-refractivity contribution in [2.24, 2.45) is 0 Å². The van der Waals surface area contributed by atoms with Gasteiger partial charge in [-0.1, -0.05) is 26.8 Å². The van der Waals surface area contributed by atoms with Gasteiger partial charge in [-0.25, -0.2) is 4.79 Å². The van der Waals surface area contributed by atoms with Crippen LogP contribution in [0, 0.1) is 0 Å². The summed E-state index contributed by atoms with van der Waals surface area (Å²) in [6.45, 7) is 19.8. The van der Waals surface area contributed by atoms with Crippen molar-refractivity contribution in [2.45, 2.75) is 108 Å². The molecule has 2 heterocycles. The molecular weight excluding hydrogens is 520 g/mol. The minimum absolute atomic E-state index is 0.00762. The van der Waals surface area contributed by atoms with Gasteiger partial charge in [0.05, 0.1) is 38.6 Å². The van der Waals surface area contributed by atoms with Crippen LogP contribution in [0.4, 0.5) is 0 Å². The van der Waals surface area contributed by atoms with Gasteiger partial charge in [0.1, 0.15) is 29.5 Å². The lowest BCUT2D eigenvalue weighted by Crippen LogP contribution is -2.75. The number of hydrogen-bond donors (Lipinski definition) is 0. The molecule has 1 aromatic heterocycles. The lowest BCUT2D eigenvalue weighted by molar-refractivity contribution is -0.408. The summed E-state index contributed by atoms with van der Waals surface area (Å²) in [5, 5.41) is -0.0395. The molecule has 222 valence electrons. The average molecular weight is 569 g/mol. The van der Waals surface area contributed by atoms with E-state index in [9.17, 15) is 4.79 Å². The van der Waals surface area contributed by atoms with Gasteiger partial charge in [-0.3, -0.25) is 0 Å². The molecule has 0 unspecified atom stereocenters. The molecule has 3 rings (SSSR count). The monoisotopic (exact) mass is 568 g/mol. The van der Waals surface area contributed by atoms with Gasteiger partial charge < -0.3 is 37.3 Å². The summed E-state index contributed by atoms with van der Waals surface area (Å²) < 4.78 is 49.2. The zero-order chi connectivity index (χ0) is 29.1. The van der Waals surface area contributed by atoms with Crippen LogP contribution in [0.2, 0.25) is 18.1 Å². The Morgan fingerprint density at radius 2 is 1.90 bits per heavy atom. The van der Waals surface area contributed by atoms with Gasteiger partial charge >= 0.3 is 5.63 Å². The molecule has 1 aliphatic heterocycles. The van der Waals surface area contributed by atoms with Crippen LogP contribution in [-0.2, 0) is 34.5 Å². The van der Waals surface area contributed by atoms with Crippen molar-refractivity contribution in [2.75, 3.05) is 34.2 Å². The maximum absolute atomic E-state index is 12.4. The summed E-state index contributed by atoms with van der Waals surface area (Å²) in [6.07, 6.45) is 3.09. The van der Waals surface area contributed by atoms with E-state index in [4.69, 9.17) is 37.3 Å². The Labute approximate surface area is 234 Å². The highest BCUT2D eigenvalue weighted by Gasteiger charge is 2.67. The van der Waals surface area contributed by atoms with Gasteiger partial charge in [-0.05, 0) is 38.4 Å². The van der Waals surface area contributed by atoms with Crippen LogP contribution in [0.25, 0.3) is 0 Å². The Balaban J connectivity index is 2.18. The van der Waals surface area contributed by atoms with Gasteiger partial charge in [0.25, 0.3) is 0 Å². The van der Waals surface area contributed by atoms with Gasteiger partial charge in [0, 0.05) is 32.4 Å². The van der Waals surface area contributed by atoms with E-state index in [2.05, 4.69) is 40.4 Å². The Kier molecular flexibility index (Phi) is 9.96. The normalized spacial score (nSPS) is 28.7. The Morgan fingerprint density at radius 3 is 2.51 bits per heavy atom. The molecule has 2 fully saturated rings. The third-order valence-electron chi connectivity index (χ3n) is 8.23. The molecule has 0 amide bonds. The van der Waals surface area contributed by atoms with Crippen molar-refractivity contribution in [3.05, 3.63) is 41.0 Å². The highest BCUT2D eigenvalue weighted by atomic mass is 28.4. The standard InChI is InChI=1S/C29H48O9Si/c1-11-12-29(34-20-33-14-13-31-7)24(37-39(9,10)26(2,3)4)16-23-19-28(29,38-27(5,6)36-23)18-22-15-21(32-8)17-25(30)35-22/h11,15,17,23-24H,1,12-14,16,18-20H2,2-10H3/t23-,24-,28-,29-/m0/s1. The SMILES string of the molecule is C=CC[C@]1(OCOCCOC)[C@@H](O[Si](C)(C)C(C)(C)C)C[C@H]2C[C@]1(Cc1cc(OC)cc(=O)o1)OC(C)(C)O2. The van der Waals surface area contributed by atoms with Crippen molar-refractivity contribution in [3.63, 3.8) is 0 Å². The lowest BCUT2D eigenvalue weighted by Gasteiger charge is -2.63. The molecule has 1 saturated heterocycles. The van der Waals surface area contributed by atoms with Crippen LogP contribution in [0.1, 0.15) is 59.6 Å². The zero-order valence-corrected chi connectivity index (χ0v) is 26.2. The summed E-state index contributed by atoms with van der Waals surface area (Å²) in [6, 6.07) is 3.04. The summed E-state index contributed by atoms with van der Waals surface area (Å²) in [5.41, 5.74) is -2.51. The molecule has 1 saturated carbocycles. The fraction of sp³-hybridized carbons (Fsp3) is 0.759. The number of ether oxygens (including phenoxy) is 6. The molecule has 0 radical (unpaired) electrons. The third kappa shape index (κ3) is 7.04. The number of methoxy groups -OCH3 is 2. The molecule has 39 heavy (non-hydrogen) atoms. The average Bonchev–Trinajstić information content (AvgIpc) is 2.79. The predicted molar refractivity (Wildman–Crippen MR) is 151 cm³/mol. The molecule has 1 aliphatic carbocycles. The predicted octanol–water partition coefficient (Wildman–Crippen LogP) is 5.22. The summed E-state index contributed by atoms with van der Waals surface area (Å²) in [5.74, 6) is -0.0684. The van der Waals surface area contributed by atoms with Crippen molar-refractivity contribution >= 4 is 8.32 Å². The Bertz CT molecular complexity index is 1030. The molecule has 4 atom stereocenters. The Morgan fingerprint density at radius 1 is 1.18 bits per heavy atom. The van der Waals surface area contributed by atoms with Crippen LogP contribution in [0.15, 0.2) is 34.0 Å². The fourth-order valence-corrected chi connectivity index (χ4v) is 6.90. The van der Waals surface area contributed by atoms with Crippen LogP contribution >= 0.6 is 0 Å². The van der Waals surface area contributed by atoms with E-state index in [-0.39, 0.29) is 24.4 Å². The molecule has 0 spiro atoms. The highest BCUT2D eigenvalue weighted by molar-refractivity contribution is 6.74. The third-order valence-corrected chi connectivity index (χ3v) is 12.7. The van der Waals surface area contributed by atoms with E-state index in [0.717, 1.165) is 0 Å². The van der Waals surface area contributed by atoms with Crippen molar-refractivity contribution in [1.29, 1.82) is 0 Å². The first-order valence-corrected chi connectivity index (χ1v) is 16.6. The van der Waals surface area contributed by atoms with Gasteiger partial charge in [0.15, 0.2) is 14.1 Å². The molecule has 2 bridgehead atoms. The van der Waals surface area contributed by atoms with Crippen LogP contribution in [0.5, 0.6) is 5.75 Å². The van der Waals surface area contributed by atoms with E-state index < -0.39 is 37.0 Å². The second-order valence-corrected chi connectivity index (χ2v) is 17.3. The second kappa shape index (κ2) is 12.1. The van der Waals surface area contributed by atoms with Gasteiger partial charge in [-0.2, -0.15) is 0 Å². The van der Waals surface area contributed by atoms with Crippen LogP contribution in [-0.4, -0.2) is 71.7 Å². The molecule has 10 heteroatoms. The van der Waals surface area contributed by atoms with E-state index >= 15 is 0 Å². The largest absolute Gasteiger partial charge is 0.496 e. The highest BCUT2D eigenvalue weighted by Crippen LogP contribution is 2.55. The summed E-state index contributed by atoms with van der Waals surface area (Å²) in [4.78, 5) is 12.4. The quantitative estimate of drug-likeness (QED) is 0.137. The first-order chi connectivity index (χ1) is 18.1. The number of rotatable bonds is 13. The Hall–Kier alpha value is -1.53. The summed E-state index contributed by atoms with van der Waals surface area (Å²) >= 11 is 0. The zero-order valence-electron chi connectivity index (χ0n) is 25.2. The fourth-order valence-electron chi connectivity index (χ4n) is 5.55. The minimum atomic E-state index is -2.28. The number of fused-ring (bicyclic) bond motifs is 2. The topological polar surface area (TPSA) is 94.8 Å². The second-order valence-electron chi connectivity index (χ2n) is 12.5. The van der Waals surface area contributed by atoms with E-state index in [1.807, 2.05) is 19.9 Å². The first kappa shape index (κ1) is 32.0. The molecule has 2 aliphatic rings. The van der Waals surface area contributed by atoms with Crippen molar-refractivity contribution in [3.8, 4) is 5.75 Å². The van der Waals surface area contributed by atoms with Crippen molar-refractivity contribution < 1.29 is 37.3 Å². The molecular formula is C29H48O9Si. The smallest absolute Gasteiger partial charge is 0.339 e. The van der Waals surface area contributed by atoms with E-state index in [1.165, 1.54) is 13.2 Å². The number of hydrogen-bond acceptors (Lipinski definition) is 9. The molecule has 1 aromatic rings. The maximum Gasteiger partial charge on any atom is 0.339 e. The van der Waals surface area contributed by atoms with Crippen LogP contribution in [0.3, 0.4) is 0 Å². The molecule has 0 aromatic carbocycles. The van der Waals surface area contributed by atoms with E-state index in [0.29, 0.717) is 44.0 Å².